The summed E-state index contributed by atoms with van der Waals surface area (Å²) in [6.07, 6.45) is 8.34. The second-order valence-corrected chi connectivity index (χ2v) is 9.28. The van der Waals surface area contributed by atoms with Gasteiger partial charge in [0.15, 0.2) is 12.1 Å². The van der Waals surface area contributed by atoms with Crippen molar-refractivity contribution in [3.63, 3.8) is 0 Å². The summed E-state index contributed by atoms with van der Waals surface area (Å²) in [5, 5.41) is 10.8. The van der Waals surface area contributed by atoms with Gasteiger partial charge in [0, 0.05) is 6.61 Å². The number of ether oxygens (including phenoxy) is 5. The number of hydrogen-bond acceptors (Lipinski definition) is 7. The van der Waals surface area contributed by atoms with Crippen molar-refractivity contribution >= 4 is 5.97 Å². The highest BCUT2D eigenvalue weighted by molar-refractivity contribution is 5.73. The molecule has 7 heteroatoms. The lowest BCUT2D eigenvalue weighted by molar-refractivity contribution is -0.210. The second kappa shape index (κ2) is 13.7. The summed E-state index contributed by atoms with van der Waals surface area (Å²) in [7, 11) is 0. The van der Waals surface area contributed by atoms with E-state index in [4.69, 9.17) is 23.7 Å². The predicted molar refractivity (Wildman–Crippen MR) is 117 cm³/mol. The fraction of sp³-hybridized carbons (Fsp3) is 0.958. The number of carbonyl (C=O) groups excluding carboxylic acids is 1. The van der Waals surface area contributed by atoms with E-state index in [1.807, 2.05) is 20.8 Å². The molecule has 0 aliphatic carbocycles. The molecule has 2 saturated heterocycles. The molecule has 5 atom stereocenters. The average molecular weight is 445 g/mol. The Morgan fingerprint density at radius 2 is 1.90 bits per heavy atom. The van der Waals surface area contributed by atoms with Gasteiger partial charge in [-0.2, -0.15) is 0 Å². The number of aliphatic hydroxyl groups excluding tert-OH is 1. The first-order valence-corrected chi connectivity index (χ1v) is 12.3. The number of aliphatic hydroxyl groups is 1. The van der Waals surface area contributed by atoms with E-state index in [0.717, 1.165) is 57.8 Å². The van der Waals surface area contributed by atoms with Crippen LogP contribution in [-0.4, -0.2) is 61.3 Å². The minimum absolute atomic E-state index is 0.202. The lowest BCUT2D eigenvalue weighted by Crippen LogP contribution is -2.41. The van der Waals surface area contributed by atoms with Gasteiger partial charge in [0.1, 0.15) is 0 Å². The molecule has 0 saturated carbocycles. The summed E-state index contributed by atoms with van der Waals surface area (Å²) in [6.45, 7) is 9.19. The molecule has 2 rings (SSSR count). The fourth-order valence-electron chi connectivity index (χ4n) is 4.31. The molecule has 1 N–H and O–H groups in total. The minimum Gasteiger partial charge on any atom is -0.466 e. The van der Waals surface area contributed by atoms with Crippen LogP contribution in [0, 0.1) is 5.92 Å². The van der Waals surface area contributed by atoms with Gasteiger partial charge in [0.2, 0.25) is 0 Å². The van der Waals surface area contributed by atoms with E-state index in [0.29, 0.717) is 26.2 Å². The molecule has 2 aliphatic rings. The molecule has 182 valence electrons. The Balaban J connectivity index is 1.66. The third-order valence-electron chi connectivity index (χ3n) is 6.10. The molecule has 0 aromatic rings. The van der Waals surface area contributed by atoms with Crippen LogP contribution in [0.25, 0.3) is 0 Å². The van der Waals surface area contributed by atoms with Gasteiger partial charge in [0.25, 0.3) is 0 Å². The summed E-state index contributed by atoms with van der Waals surface area (Å²) in [5.74, 6) is -1.35. The second-order valence-electron chi connectivity index (χ2n) is 9.28. The molecule has 0 aromatic heterocycles. The van der Waals surface area contributed by atoms with Gasteiger partial charge in [-0.25, -0.2) is 0 Å². The van der Waals surface area contributed by atoms with Crippen LogP contribution in [0.4, 0.5) is 0 Å². The van der Waals surface area contributed by atoms with E-state index >= 15 is 0 Å². The quantitative estimate of drug-likeness (QED) is 0.315. The summed E-state index contributed by atoms with van der Waals surface area (Å²) >= 11 is 0. The van der Waals surface area contributed by atoms with Crippen molar-refractivity contribution in [2.45, 2.75) is 122 Å². The van der Waals surface area contributed by atoms with Gasteiger partial charge in [-0.15, -0.1) is 0 Å². The first kappa shape index (κ1) is 26.5. The highest BCUT2D eigenvalue weighted by atomic mass is 16.7. The summed E-state index contributed by atoms with van der Waals surface area (Å²) in [5.41, 5.74) is 0. The Bertz CT molecular complexity index is 504. The van der Waals surface area contributed by atoms with Crippen molar-refractivity contribution in [3.8, 4) is 0 Å². The van der Waals surface area contributed by atoms with Crippen LogP contribution < -0.4 is 0 Å². The Hall–Kier alpha value is -0.730. The van der Waals surface area contributed by atoms with Crippen LogP contribution in [0.2, 0.25) is 0 Å². The number of unbranched alkanes of at least 4 members (excludes halogenated alkanes) is 4. The summed E-state index contributed by atoms with van der Waals surface area (Å²) < 4.78 is 28.1. The van der Waals surface area contributed by atoms with Gasteiger partial charge in [-0.3, -0.25) is 4.79 Å². The molecule has 31 heavy (non-hydrogen) atoms. The van der Waals surface area contributed by atoms with Crippen LogP contribution >= 0.6 is 0 Å². The van der Waals surface area contributed by atoms with E-state index in [9.17, 15) is 9.90 Å². The molecule has 2 heterocycles. The third-order valence-corrected chi connectivity index (χ3v) is 6.10. The molecule has 0 aromatic carbocycles. The zero-order valence-corrected chi connectivity index (χ0v) is 20.0. The Morgan fingerprint density at radius 3 is 2.55 bits per heavy atom. The Labute approximate surface area is 188 Å². The monoisotopic (exact) mass is 444 g/mol. The van der Waals surface area contributed by atoms with E-state index < -0.39 is 23.9 Å². The molecule has 3 unspecified atom stereocenters. The molecule has 2 aliphatic heterocycles. The Kier molecular flexibility index (Phi) is 11.8. The molecule has 0 radical (unpaired) electrons. The first-order valence-electron chi connectivity index (χ1n) is 12.3. The van der Waals surface area contributed by atoms with Crippen molar-refractivity contribution < 1.29 is 33.6 Å². The number of hydrogen-bond donors (Lipinski definition) is 1. The van der Waals surface area contributed by atoms with Crippen molar-refractivity contribution in [3.05, 3.63) is 0 Å². The van der Waals surface area contributed by atoms with E-state index in [1.54, 1.807) is 6.92 Å². The molecular weight excluding hydrogens is 400 g/mol. The first-order chi connectivity index (χ1) is 14.8. The van der Waals surface area contributed by atoms with Crippen molar-refractivity contribution in [1.29, 1.82) is 0 Å². The van der Waals surface area contributed by atoms with Gasteiger partial charge in [0.05, 0.1) is 37.4 Å². The summed E-state index contributed by atoms with van der Waals surface area (Å²) in [4.78, 5) is 12.5. The number of carbonyl (C=O) groups is 1. The zero-order valence-electron chi connectivity index (χ0n) is 20.0. The van der Waals surface area contributed by atoms with Crippen LogP contribution in [0.3, 0.4) is 0 Å². The largest absolute Gasteiger partial charge is 0.466 e. The van der Waals surface area contributed by atoms with E-state index in [1.165, 1.54) is 0 Å². The van der Waals surface area contributed by atoms with Crippen molar-refractivity contribution in [2.24, 2.45) is 5.92 Å². The molecular formula is C24H44O7. The fourth-order valence-corrected chi connectivity index (χ4v) is 4.31. The minimum atomic E-state index is -0.896. The van der Waals surface area contributed by atoms with Gasteiger partial charge in [-0.1, -0.05) is 32.1 Å². The topological polar surface area (TPSA) is 83.5 Å². The molecule has 0 bridgehead atoms. The Morgan fingerprint density at radius 1 is 1.16 bits per heavy atom. The van der Waals surface area contributed by atoms with Gasteiger partial charge >= 0.3 is 5.97 Å². The lowest BCUT2D eigenvalue weighted by atomic mass is 9.92. The van der Waals surface area contributed by atoms with Crippen LogP contribution in [-0.2, 0) is 28.5 Å². The predicted octanol–water partition coefficient (Wildman–Crippen LogP) is 4.34. The number of rotatable bonds is 14. The molecule has 7 nitrogen and oxygen atoms in total. The van der Waals surface area contributed by atoms with Crippen molar-refractivity contribution in [2.75, 3.05) is 19.8 Å². The standard InChI is InChI=1S/C24H44O7/c1-5-27-23(26)20(22(25)18(2)30-21-15-11-12-16-28-21)14-10-8-6-7-9-13-19-17-29-24(3,4)31-19/h18-22,25H,5-17H2,1-4H3/t18-,19-,20?,21?,22?/m0/s1. The maximum absolute atomic E-state index is 12.5. The highest BCUT2D eigenvalue weighted by Crippen LogP contribution is 2.26. The highest BCUT2D eigenvalue weighted by Gasteiger charge is 2.34. The maximum atomic E-state index is 12.5. The third kappa shape index (κ3) is 9.74. The van der Waals surface area contributed by atoms with E-state index in [2.05, 4.69) is 0 Å². The van der Waals surface area contributed by atoms with Crippen molar-refractivity contribution in [1.82, 2.24) is 0 Å². The average Bonchev–Trinajstić information content (AvgIpc) is 3.09. The zero-order chi connectivity index (χ0) is 22.7. The SMILES string of the molecule is CCOC(=O)C(CCCCCCC[C@H]1COC(C)(C)O1)C(O)[C@H](C)OC1CCCCO1. The molecule has 0 spiro atoms. The number of esters is 1. The lowest BCUT2D eigenvalue weighted by Gasteiger charge is -2.31. The van der Waals surface area contributed by atoms with Crippen LogP contribution in [0.1, 0.15) is 91.9 Å². The van der Waals surface area contributed by atoms with Gasteiger partial charge in [-0.05, 0) is 59.8 Å². The normalized spacial score (nSPS) is 26.4. The maximum Gasteiger partial charge on any atom is 0.311 e. The smallest absolute Gasteiger partial charge is 0.311 e. The van der Waals surface area contributed by atoms with E-state index in [-0.39, 0.29) is 18.4 Å². The van der Waals surface area contributed by atoms with Crippen LogP contribution in [0.5, 0.6) is 0 Å². The molecule has 2 fully saturated rings. The van der Waals surface area contributed by atoms with Gasteiger partial charge < -0.3 is 28.8 Å². The van der Waals surface area contributed by atoms with Crippen LogP contribution in [0.15, 0.2) is 0 Å². The summed E-state index contributed by atoms with van der Waals surface area (Å²) in [6, 6.07) is 0. The molecule has 0 amide bonds.